The molecule has 1 N–H and O–H groups in total. The predicted molar refractivity (Wildman–Crippen MR) is 57.3 cm³/mol. The number of hydrogen-bond acceptors (Lipinski definition) is 3. The summed E-state index contributed by atoms with van der Waals surface area (Å²) in [6.07, 6.45) is -3.36. The van der Waals surface area contributed by atoms with Crippen molar-refractivity contribution in [1.82, 2.24) is 14.8 Å². The molecule has 96 valence electrons. The Morgan fingerprint density at radius 1 is 1.28 bits per heavy atom. The number of halogens is 4. The standard InChI is InChI=1S/C10H7ClF3N3O/c11-6-1-2-9(15-7(6)5-18)17-4-3-8(16-17)10(12,13)14/h1-4,18H,5H2. The van der Waals surface area contributed by atoms with Crippen LogP contribution in [0.4, 0.5) is 13.2 Å². The van der Waals surface area contributed by atoms with Crippen LogP contribution < -0.4 is 0 Å². The van der Waals surface area contributed by atoms with E-state index in [1.807, 2.05) is 0 Å². The number of hydrogen-bond donors (Lipinski definition) is 1. The van der Waals surface area contributed by atoms with Crippen LogP contribution in [0.1, 0.15) is 11.4 Å². The van der Waals surface area contributed by atoms with Crippen LogP contribution in [0.3, 0.4) is 0 Å². The van der Waals surface area contributed by atoms with Crippen molar-refractivity contribution in [2.45, 2.75) is 12.8 Å². The molecular formula is C10H7ClF3N3O. The van der Waals surface area contributed by atoms with Gasteiger partial charge >= 0.3 is 6.18 Å². The number of pyridine rings is 1. The van der Waals surface area contributed by atoms with Gasteiger partial charge in [-0.2, -0.15) is 18.3 Å². The second-order valence-corrected chi connectivity index (χ2v) is 3.81. The highest BCUT2D eigenvalue weighted by molar-refractivity contribution is 6.31. The Labute approximate surface area is 105 Å². The molecular weight excluding hydrogens is 271 g/mol. The van der Waals surface area contributed by atoms with Crippen LogP contribution in [0.15, 0.2) is 24.4 Å². The number of alkyl halides is 3. The van der Waals surface area contributed by atoms with Gasteiger partial charge in [-0.25, -0.2) is 9.67 Å². The first-order chi connectivity index (χ1) is 8.41. The second kappa shape index (κ2) is 4.58. The Morgan fingerprint density at radius 2 is 2.00 bits per heavy atom. The van der Waals surface area contributed by atoms with Gasteiger partial charge in [-0.15, -0.1) is 0 Å². The molecule has 0 spiro atoms. The molecule has 2 aromatic heterocycles. The van der Waals surface area contributed by atoms with Crippen molar-refractivity contribution < 1.29 is 18.3 Å². The average Bonchev–Trinajstić information content (AvgIpc) is 2.78. The third-order valence-corrected chi connectivity index (χ3v) is 2.51. The van der Waals surface area contributed by atoms with Crippen molar-refractivity contribution in [2.75, 3.05) is 0 Å². The minimum Gasteiger partial charge on any atom is -0.390 e. The second-order valence-electron chi connectivity index (χ2n) is 3.40. The van der Waals surface area contributed by atoms with Gasteiger partial charge in [-0.05, 0) is 18.2 Å². The van der Waals surface area contributed by atoms with Gasteiger partial charge in [0.15, 0.2) is 11.5 Å². The first kappa shape index (κ1) is 12.8. The van der Waals surface area contributed by atoms with Crippen LogP contribution in [0, 0.1) is 0 Å². The smallest absolute Gasteiger partial charge is 0.390 e. The van der Waals surface area contributed by atoms with Gasteiger partial charge < -0.3 is 5.11 Å². The number of aliphatic hydroxyl groups is 1. The van der Waals surface area contributed by atoms with E-state index in [2.05, 4.69) is 10.1 Å². The lowest BCUT2D eigenvalue weighted by Crippen LogP contribution is -2.08. The predicted octanol–water partition coefficient (Wildman–Crippen LogP) is 2.43. The Kier molecular flexibility index (Phi) is 3.27. The summed E-state index contributed by atoms with van der Waals surface area (Å²) >= 11 is 5.73. The van der Waals surface area contributed by atoms with E-state index >= 15 is 0 Å². The maximum absolute atomic E-state index is 12.4. The summed E-state index contributed by atoms with van der Waals surface area (Å²) in [6.45, 7) is -0.403. The van der Waals surface area contributed by atoms with E-state index in [-0.39, 0.29) is 16.5 Å². The zero-order valence-electron chi connectivity index (χ0n) is 8.82. The Morgan fingerprint density at radius 3 is 2.56 bits per heavy atom. The minimum atomic E-state index is -4.50. The first-order valence-corrected chi connectivity index (χ1v) is 5.19. The fourth-order valence-corrected chi connectivity index (χ4v) is 1.48. The molecule has 2 heterocycles. The molecule has 0 aliphatic carbocycles. The molecule has 0 atom stereocenters. The number of aromatic nitrogens is 3. The van der Waals surface area contributed by atoms with Gasteiger partial charge in [-0.1, -0.05) is 11.6 Å². The van der Waals surface area contributed by atoms with Crippen LogP contribution in [-0.4, -0.2) is 19.9 Å². The van der Waals surface area contributed by atoms with Gasteiger partial charge in [0.1, 0.15) is 0 Å². The van der Waals surface area contributed by atoms with Crippen molar-refractivity contribution in [3.8, 4) is 5.82 Å². The molecule has 4 nitrogen and oxygen atoms in total. The Bertz CT molecular complexity index is 568. The molecule has 0 radical (unpaired) electrons. The van der Waals surface area contributed by atoms with Crippen molar-refractivity contribution in [1.29, 1.82) is 0 Å². The Hall–Kier alpha value is -1.60. The van der Waals surface area contributed by atoms with Gasteiger partial charge in [-0.3, -0.25) is 0 Å². The highest BCUT2D eigenvalue weighted by Gasteiger charge is 2.33. The van der Waals surface area contributed by atoms with Crippen molar-refractivity contribution in [3.63, 3.8) is 0 Å². The van der Waals surface area contributed by atoms with Gasteiger partial charge in [0.05, 0.1) is 17.3 Å². The van der Waals surface area contributed by atoms with Crippen molar-refractivity contribution >= 4 is 11.6 Å². The molecule has 0 saturated carbocycles. The zero-order valence-corrected chi connectivity index (χ0v) is 9.57. The molecule has 0 unspecified atom stereocenters. The van der Waals surface area contributed by atoms with E-state index < -0.39 is 18.5 Å². The van der Waals surface area contributed by atoms with Crippen LogP contribution in [0.25, 0.3) is 5.82 Å². The van der Waals surface area contributed by atoms with Gasteiger partial charge in [0.25, 0.3) is 0 Å². The molecule has 18 heavy (non-hydrogen) atoms. The monoisotopic (exact) mass is 277 g/mol. The summed E-state index contributed by atoms with van der Waals surface area (Å²) < 4.78 is 38.1. The Balaban J connectivity index is 2.40. The van der Waals surface area contributed by atoms with Crippen molar-refractivity contribution in [3.05, 3.63) is 40.8 Å². The van der Waals surface area contributed by atoms with Crippen LogP contribution in [0.2, 0.25) is 5.02 Å². The van der Waals surface area contributed by atoms with E-state index in [1.54, 1.807) is 0 Å². The highest BCUT2D eigenvalue weighted by Crippen LogP contribution is 2.27. The van der Waals surface area contributed by atoms with E-state index in [1.165, 1.54) is 12.1 Å². The normalized spacial score (nSPS) is 11.8. The van der Waals surface area contributed by atoms with Crippen molar-refractivity contribution in [2.24, 2.45) is 0 Å². The summed E-state index contributed by atoms with van der Waals surface area (Å²) in [4.78, 5) is 3.91. The summed E-state index contributed by atoms with van der Waals surface area (Å²) in [5, 5.41) is 12.6. The average molecular weight is 278 g/mol. The van der Waals surface area contributed by atoms with Crippen LogP contribution >= 0.6 is 11.6 Å². The van der Waals surface area contributed by atoms with E-state index in [0.29, 0.717) is 0 Å². The lowest BCUT2D eigenvalue weighted by atomic mass is 10.3. The number of aliphatic hydroxyl groups excluding tert-OH is 1. The number of rotatable bonds is 2. The van der Waals surface area contributed by atoms with E-state index in [9.17, 15) is 13.2 Å². The molecule has 0 fully saturated rings. The molecule has 2 aromatic rings. The minimum absolute atomic E-state index is 0.152. The summed E-state index contributed by atoms with van der Waals surface area (Å²) in [5.74, 6) is 0.152. The SMILES string of the molecule is OCc1nc(-n2ccc(C(F)(F)F)n2)ccc1Cl. The molecule has 8 heteroatoms. The fraction of sp³-hybridized carbons (Fsp3) is 0.200. The van der Waals surface area contributed by atoms with Gasteiger partial charge in [0.2, 0.25) is 0 Å². The van der Waals surface area contributed by atoms with Crippen LogP contribution in [0.5, 0.6) is 0 Å². The molecule has 0 bridgehead atoms. The lowest BCUT2D eigenvalue weighted by molar-refractivity contribution is -0.141. The summed E-state index contributed by atoms with van der Waals surface area (Å²) in [5.41, 5.74) is -0.831. The highest BCUT2D eigenvalue weighted by atomic mass is 35.5. The topological polar surface area (TPSA) is 50.9 Å². The molecule has 0 aromatic carbocycles. The summed E-state index contributed by atoms with van der Waals surface area (Å²) in [6, 6.07) is 3.69. The lowest BCUT2D eigenvalue weighted by Gasteiger charge is -2.05. The number of nitrogens with zero attached hydrogens (tertiary/aromatic N) is 3. The maximum Gasteiger partial charge on any atom is 0.435 e. The van der Waals surface area contributed by atoms with E-state index in [0.717, 1.165) is 16.9 Å². The first-order valence-electron chi connectivity index (χ1n) is 4.81. The summed E-state index contributed by atoms with van der Waals surface area (Å²) in [7, 11) is 0. The van der Waals surface area contributed by atoms with Gasteiger partial charge in [0, 0.05) is 6.20 Å². The molecule has 0 saturated heterocycles. The zero-order chi connectivity index (χ0) is 13.3. The van der Waals surface area contributed by atoms with E-state index in [4.69, 9.17) is 16.7 Å². The third-order valence-electron chi connectivity index (χ3n) is 2.17. The molecule has 2 rings (SSSR count). The molecule has 0 aliphatic rings. The maximum atomic E-state index is 12.4. The quantitative estimate of drug-likeness (QED) is 0.917. The molecule has 0 amide bonds. The third kappa shape index (κ3) is 2.46. The largest absolute Gasteiger partial charge is 0.435 e. The fourth-order valence-electron chi connectivity index (χ4n) is 1.31. The van der Waals surface area contributed by atoms with Crippen LogP contribution in [-0.2, 0) is 12.8 Å². The molecule has 0 aliphatic heterocycles.